The number of nitrogens with one attached hydrogen (secondary N) is 1. The molecule has 8 heteroatoms. The Morgan fingerprint density at radius 1 is 1.32 bits per heavy atom. The van der Waals surface area contributed by atoms with E-state index in [0.717, 1.165) is 7.11 Å². The number of esters is 2. The van der Waals surface area contributed by atoms with E-state index in [1.165, 1.54) is 18.4 Å². The van der Waals surface area contributed by atoms with Crippen LogP contribution in [0.4, 0.5) is 0 Å². The predicted molar refractivity (Wildman–Crippen MR) is 67.9 cm³/mol. The maximum absolute atomic E-state index is 11.6. The highest BCUT2D eigenvalue weighted by molar-refractivity contribution is 7.12. The van der Waals surface area contributed by atoms with E-state index in [2.05, 4.69) is 20.0 Å². The van der Waals surface area contributed by atoms with Gasteiger partial charge in [-0.1, -0.05) is 6.07 Å². The Bertz CT molecular complexity index is 495. The van der Waals surface area contributed by atoms with Crippen molar-refractivity contribution in [2.24, 2.45) is 5.10 Å². The van der Waals surface area contributed by atoms with E-state index < -0.39 is 17.8 Å². The molecule has 102 valence electrons. The molecule has 0 fully saturated rings. The lowest BCUT2D eigenvalue weighted by molar-refractivity contribution is -0.140. The Balaban J connectivity index is 2.74. The summed E-state index contributed by atoms with van der Waals surface area (Å²) in [6.45, 7) is 0. The van der Waals surface area contributed by atoms with Crippen LogP contribution in [0.5, 0.6) is 0 Å². The number of carbonyl (C=O) groups excluding carboxylic acids is 3. The molecule has 0 bridgehead atoms. The van der Waals surface area contributed by atoms with Crippen LogP contribution in [-0.4, -0.2) is 37.8 Å². The zero-order chi connectivity index (χ0) is 14.3. The van der Waals surface area contributed by atoms with E-state index in [0.29, 0.717) is 4.88 Å². The fourth-order valence-corrected chi connectivity index (χ4v) is 1.68. The highest BCUT2D eigenvalue weighted by Gasteiger charge is 2.18. The van der Waals surface area contributed by atoms with Crippen LogP contribution in [0.25, 0.3) is 0 Å². The van der Waals surface area contributed by atoms with Crippen molar-refractivity contribution in [3.05, 3.63) is 22.4 Å². The molecule has 1 heterocycles. The summed E-state index contributed by atoms with van der Waals surface area (Å²) in [5.41, 5.74) is 1.94. The number of hydrazone groups is 1. The number of ether oxygens (including phenoxy) is 2. The minimum absolute atomic E-state index is 0.237. The van der Waals surface area contributed by atoms with Gasteiger partial charge in [0.1, 0.15) is 0 Å². The Morgan fingerprint density at radius 2 is 2.05 bits per heavy atom. The van der Waals surface area contributed by atoms with E-state index in [1.54, 1.807) is 17.5 Å². The van der Waals surface area contributed by atoms with Crippen molar-refractivity contribution in [3.8, 4) is 0 Å². The van der Waals surface area contributed by atoms with Gasteiger partial charge in [0.15, 0.2) is 5.71 Å². The molecule has 0 aliphatic carbocycles. The number of thiophene rings is 1. The summed E-state index contributed by atoms with van der Waals surface area (Å²) in [4.78, 5) is 34.5. The van der Waals surface area contributed by atoms with Crippen LogP contribution in [0.1, 0.15) is 16.1 Å². The van der Waals surface area contributed by atoms with E-state index in [9.17, 15) is 14.4 Å². The van der Waals surface area contributed by atoms with Crippen LogP contribution < -0.4 is 5.43 Å². The van der Waals surface area contributed by atoms with Crippen molar-refractivity contribution in [3.63, 3.8) is 0 Å². The second-order valence-electron chi connectivity index (χ2n) is 3.22. The van der Waals surface area contributed by atoms with Gasteiger partial charge < -0.3 is 9.47 Å². The SMILES string of the molecule is COC(=O)C/C(=N\NC(=O)c1cccs1)C(=O)OC. The van der Waals surface area contributed by atoms with Crippen molar-refractivity contribution in [1.82, 2.24) is 5.43 Å². The summed E-state index contributed by atoms with van der Waals surface area (Å²) in [6.07, 6.45) is -0.381. The first kappa shape index (κ1) is 14.8. The zero-order valence-electron chi connectivity index (χ0n) is 10.3. The zero-order valence-corrected chi connectivity index (χ0v) is 11.2. The van der Waals surface area contributed by atoms with Crippen LogP contribution in [-0.2, 0) is 19.1 Å². The molecule has 0 spiro atoms. The highest BCUT2D eigenvalue weighted by atomic mass is 32.1. The second-order valence-corrected chi connectivity index (χ2v) is 4.17. The number of hydrogen-bond donors (Lipinski definition) is 1. The normalized spacial score (nSPS) is 10.7. The van der Waals surface area contributed by atoms with Crippen LogP contribution in [0.15, 0.2) is 22.6 Å². The molecule has 0 aliphatic heterocycles. The molecule has 0 radical (unpaired) electrons. The first-order valence-electron chi connectivity index (χ1n) is 5.14. The van der Waals surface area contributed by atoms with E-state index in [4.69, 9.17) is 0 Å². The average molecular weight is 284 g/mol. The summed E-state index contributed by atoms with van der Waals surface area (Å²) in [5.74, 6) is -1.94. The van der Waals surface area contributed by atoms with Gasteiger partial charge in [-0.05, 0) is 11.4 Å². The van der Waals surface area contributed by atoms with Crippen LogP contribution >= 0.6 is 11.3 Å². The van der Waals surface area contributed by atoms with Gasteiger partial charge in [-0.2, -0.15) is 5.10 Å². The molecule has 1 amide bonds. The summed E-state index contributed by atoms with van der Waals surface area (Å²) in [7, 11) is 2.33. The van der Waals surface area contributed by atoms with Gasteiger partial charge >= 0.3 is 11.9 Å². The summed E-state index contributed by atoms with van der Waals surface area (Å²) in [5, 5.41) is 5.32. The smallest absolute Gasteiger partial charge is 0.354 e. The number of amides is 1. The molecular formula is C11H12N2O5S. The van der Waals surface area contributed by atoms with Gasteiger partial charge in [-0.15, -0.1) is 11.3 Å². The summed E-state index contributed by atoms with van der Waals surface area (Å²) in [6, 6.07) is 3.31. The second kappa shape index (κ2) is 7.27. The fraction of sp³-hybridized carbons (Fsp3) is 0.273. The molecule has 0 aliphatic rings. The third-order valence-electron chi connectivity index (χ3n) is 2.00. The van der Waals surface area contributed by atoms with Gasteiger partial charge in [-0.3, -0.25) is 9.59 Å². The monoisotopic (exact) mass is 284 g/mol. The maximum Gasteiger partial charge on any atom is 0.354 e. The molecule has 0 atom stereocenters. The van der Waals surface area contributed by atoms with E-state index in [-0.39, 0.29) is 12.1 Å². The van der Waals surface area contributed by atoms with Crippen molar-refractivity contribution in [2.75, 3.05) is 14.2 Å². The molecule has 0 saturated heterocycles. The quantitative estimate of drug-likeness (QED) is 0.484. The predicted octanol–water partition coefficient (Wildman–Crippen LogP) is 0.570. The first-order valence-corrected chi connectivity index (χ1v) is 6.02. The minimum atomic E-state index is -0.808. The lowest BCUT2D eigenvalue weighted by Crippen LogP contribution is -2.26. The van der Waals surface area contributed by atoms with E-state index in [1.807, 2.05) is 0 Å². The lowest BCUT2D eigenvalue weighted by Gasteiger charge is -2.03. The van der Waals surface area contributed by atoms with Crippen molar-refractivity contribution in [1.29, 1.82) is 0 Å². The third kappa shape index (κ3) is 4.51. The molecular weight excluding hydrogens is 272 g/mol. The topological polar surface area (TPSA) is 94.1 Å². The largest absolute Gasteiger partial charge is 0.469 e. The summed E-state index contributed by atoms with van der Waals surface area (Å²) < 4.78 is 8.87. The molecule has 0 unspecified atom stereocenters. The standard InChI is InChI=1S/C11H12N2O5S/c1-17-9(14)6-7(11(16)18-2)12-13-10(15)8-4-3-5-19-8/h3-5H,6H2,1-2H3,(H,13,15)/b12-7+. The Morgan fingerprint density at radius 3 is 2.58 bits per heavy atom. The van der Waals surface area contributed by atoms with Gasteiger partial charge in [0.25, 0.3) is 5.91 Å². The van der Waals surface area contributed by atoms with Gasteiger partial charge in [0.2, 0.25) is 0 Å². The van der Waals surface area contributed by atoms with Gasteiger partial charge in [-0.25, -0.2) is 10.2 Å². The average Bonchev–Trinajstić information content (AvgIpc) is 2.95. The van der Waals surface area contributed by atoms with Crippen molar-refractivity contribution < 1.29 is 23.9 Å². The van der Waals surface area contributed by atoms with Crippen LogP contribution in [0.3, 0.4) is 0 Å². The van der Waals surface area contributed by atoms with Crippen molar-refractivity contribution in [2.45, 2.75) is 6.42 Å². The number of hydrogen-bond acceptors (Lipinski definition) is 7. The number of methoxy groups -OCH3 is 2. The minimum Gasteiger partial charge on any atom is -0.469 e. The molecule has 7 nitrogen and oxygen atoms in total. The summed E-state index contributed by atoms with van der Waals surface area (Å²) >= 11 is 1.23. The third-order valence-corrected chi connectivity index (χ3v) is 2.87. The van der Waals surface area contributed by atoms with Crippen LogP contribution in [0.2, 0.25) is 0 Å². The molecule has 19 heavy (non-hydrogen) atoms. The molecule has 1 rings (SSSR count). The van der Waals surface area contributed by atoms with E-state index >= 15 is 0 Å². The Hall–Kier alpha value is -2.22. The molecule has 0 saturated carbocycles. The van der Waals surface area contributed by atoms with Gasteiger partial charge in [0, 0.05) is 0 Å². The lowest BCUT2D eigenvalue weighted by atomic mass is 10.3. The number of rotatable bonds is 5. The molecule has 1 N–H and O–H groups in total. The number of carbonyl (C=O) groups is 3. The van der Waals surface area contributed by atoms with Gasteiger partial charge in [0.05, 0.1) is 25.5 Å². The molecule has 0 aromatic carbocycles. The first-order chi connectivity index (χ1) is 9.08. The number of nitrogens with zero attached hydrogens (tertiary/aromatic N) is 1. The molecule has 1 aromatic rings. The Kier molecular flexibility index (Phi) is 5.68. The fourth-order valence-electron chi connectivity index (χ4n) is 1.07. The van der Waals surface area contributed by atoms with Crippen LogP contribution in [0, 0.1) is 0 Å². The Labute approximate surface area is 113 Å². The molecule has 1 aromatic heterocycles. The highest BCUT2D eigenvalue weighted by Crippen LogP contribution is 2.07. The van der Waals surface area contributed by atoms with Crippen molar-refractivity contribution >= 4 is 34.9 Å². The maximum atomic E-state index is 11.6.